The molecule has 1 saturated heterocycles. The van der Waals surface area contributed by atoms with E-state index in [0.29, 0.717) is 0 Å². The van der Waals surface area contributed by atoms with Crippen LogP contribution in [0.25, 0.3) is 6.08 Å². The van der Waals surface area contributed by atoms with Gasteiger partial charge in [0, 0.05) is 37.4 Å². The standard InChI is InChI=1S/C22H26N2O/c1-21(2)19-7-5-6-8-20(19)24-15-16-25-22(21,24)14-13-17-9-11-18(12-10-17)23(3)4/h5-14H,15-16H2,1-4H3/b14-13+/t22-/m1/s1. The van der Waals surface area contributed by atoms with Gasteiger partial charge >= 0.3 is 0 Å². The Labute approximate surface area is 150 Å². The Balaban J connectivity index is 1.71. The third-order valence-electron chi connectivity index (χ3n) is 5.71. The zero-order valence-electron chi connectivity index (χ0n) is 15.5. The first-order valence-electron chi connectivity index (χ1n) is 8.93. The van der Waals surface area contributed by atoms with E-state index >= 15 is 0 Å². The molecule has 2 aromatic carbocycles. The lowest BCUT2D eigenvalue weighted by atomic mass is 9.77. The van der Waals surface area contributed by atoms with Crippen molar-refractivity contribution in [3.8, 4) is 0 Å². The van der Waals surface area contributed by atoms with Crippen molar-refractivity contribution in [3.05, 3.63) is 65.7 Å². The minimum absolute atomic E-state index is 0.0971. The van der Waals surface area contributed by atoms with Gasteiger partial charge in [0.2, 0.25) is 0 Å². The number of nitrogens with zero attached hydrogens (tertiary/aromatic N) is 2. The summed E-state index contributed by atoms with van der Waals surface area (Å²) in [5.74, 6) is 0. The van der Waals surface area contributed by atoms with Gasteiger partial charge in [-0.1, -0.05) is 50.3 Å². The van der Waals surface area contributed by atoms with E-state index in [4.69, 9.17) is 4.74 Å². The molecule has 0 N–H and O–H groups in total. The molecule has 3 nitrogen and oxygen atoms in total. The minimum atomic E-state index is -0.406. The second-order valence-corrected chi connectivity index (χ2v) is 7.66. The fourth-order valence-corrected chi connectivity index (χ4v) is 4.22. The van der Waals surface area contributed by atoms with Crippen LogP contribution in [0.15, 0.2) is 54.6 Å². The maximum atomic E-state index is 6.38. The van der Waals surface area contributed by atoms with Crippen molar-refractivity contribution in [2.45, 2.75) is 25.0 Å². The first kappa shape index (κ1) is 16.2. The maximum Gasteiger partial charge on any atom is 0.170 e. The first-order chi connectivity index (χ1) is 12.0. The third kappa shape index (κ3) is 2.30. The second kappa shape index (κ2) is 5.63. The molecule has 0 spiro atoms. The van der Waals surface area contributed by atoms with Crippen LogP contribution in [0.1, 0.15) is 25.0 Å². The molecule has 130 valence electrons. The highest BCUT2D eigenvalue weighted by molar-refractivity contribution is 5.70. The van der Waals surface area contributed by atoms with Gasteiger partial charge in [-0.15, -0.1) is 0 Å². The molecule has 0 bridgehead atoms. The van der Waals surface area contributed by atoms with Gasteiger partial charge < -0.3 is 14.5 Å². The highest BCUT2D eigenvalue weighted by Gasteiger charge is 2.58. The Bertz CT molecular complexity index is 807. The van der Waals surface area contributed by atoms with Gasteiger partial charge in [0.25, 0.3) is 0 Å². The zero-order valence-corrected chi connectivity index (χ0v) is 15.5. The molecule has 1 atom stereocenters. The van der Waals surface area contributed by atoms with Crippen LogP contribution in [0.3, 0.4) is 0 Å². The summed E-state index contributed by atoms with van der Waals surface area (Å²) >= 11 is 0. The number of para-hydroxylation sites is 1. The topological polar surface area (TPSA) is 15.7 Å². The molecule has 2 aliphatic heterocycles. The molecule has 0 saturated carbocycles. The summed E-state index contributed by atoms with van der Waals surface area (Å²) in [6.07, 6.45) is 4.45. The smallest absolute Gasteiger partial charge is 0.170 e. The van der Waals surface area contributed by atoms with Gasteiger partial charge in [0.15, 0.2) is 5.72 Å². The van der Waals surface area contributed by atoms with Crippen molar-refractivity contribution in [1.82, 2.24) is 0 Å². The molecule has 1 fully saturated rings. The highest BCUT2D eigenvalue weighted by Crippen LogP contribution is 2.54. The molecule has 0 radical (unpaired) electrons. The van der Waals surface area contributed by atoms with Crippen LogP contribution in [-0.2, 0) is 10.2 Å². The molecule has 25 heavy (non-hydrogen) atoms. The van der Waals surface area contributed by atoms with E-state index in [1.807, 2.05) is 0 Å². The van der Waals surface area contributed by atoms with Crippen LogP contribution in [0.5, 0.6) is 0 Å². The highest BCUT2D eigenvalue weighted by atomic mass is 16.5. The van der Waals surface area contributed by atoms with Crippen molar-refractivity contribution in [2.24, 2.45) is 0 Å². The maximum absolute atomic E-state index is 6.38. The Morgan fingerprint density at radius 2 is 1.76 bits per heavy atom. The van der Waals surface area contributed by atoms with Crippen LogP contribution in [0.2, 0.25) is 0 Å². The summed E-state index contributed by atoms with van der Waals surface area (Å²) in [6, 6.07) is 17.3. The average Bonchev–Trinajstić information content (AvgIpc) is 3.12. The van der Waals surface area contributed by atoms with E-state index in [-0.39, 0.29) is 5.41 Å². The third-order valence-corrected chi connectivity index (χ3v) is 5.71. The molecule has 3 heteroatoms. The van der Waals surface area contributed by atoms with Gasteiger partial charge in [-0.3, -0.25) is 0 Å². The molecule has 0 amide bonds. The first-order valence-corrected chi connectivity index (χ1v) is 8.93. The quantitative estimate of drug-likeness (QED) is 0.833. The van der Waals surface area contributed by atoms with Crippen LogP contribution >= 0.6 is 0 Å². The molecule has 0 aromatic heterocycles. The Morgan fingerprint density at radius 3 is 2.48 bits per heavy atom. The van der Waals surface area contributed by atoms with E-state index in [1.54, 1.807) is 0 Å². The van der Waals surface area contributed by atoms with Crippen LogP contribution in [0.4, 0.5) is 11.4 Å². The molecule has 0 aliphatic carbocycles. The Hall–Kier alpha value is -2.26. The fraction of sp³-hybridized carbons (Fsp3) is 0.364. The van der Waals surface area contributed by atoms with Crippen LogP contribution in [-0.4, -0.2) is 33.0 Å². The summed E-state index contributed by atoms with van der Waals surface area (Å²) in [5, 5.41) is 0. The van der Waals surface area contributed by atoms with E-state index in [9.17, 15) is 0 Å². The van der Waals surface area contributed by atoms with E-state index < -0.39 is 5.72 Å². The van der Waals surface area contributed by atoms with E-state index in [0.717, 1.165) is 13.2 Å². The van der Waals surface area contributed by atoms with Gasteiger partial charge in [-0.2, -0.15) is 0 Å². The zero-order chi connectivity index (χ0) is 17.7. The van der Waals surface area contributed by atoms with E-state index in [1.165, 1.54) is 22.5 Å². The van der Waals surface area contributed by atoms with Crippen molar-refractivity contribution >= 4 is 17.5 Å². The molecule has 0 unspecified atom stereocenters. The van der Waals surface area contributed by atoms with Gasteiger partial charge in [0.05, 0.1) is 6.61 Å². The van der Waals surface area contributed by atoms with Gasteiger partial charge in [-0.05, 0) is 35.4 Å². The summed E-state index contributed by atoms with van der Waals surface area (Å²) in [4.78, 5) is 4.54. The normalized spacial score (nSPS) is 23.8. The van der Waals surface area contributed by atoms with Gasteiger partial charge in [0.1, 0.15) is 0 Å². The number of fused-ring (bicyclic) bond motifs is 3. The number of benzene rings is 2. The lowest BCUT2D eigenvalue weighted by Gasteiger charge is -2.39. The summed E-state index contributed by atoms with van der Waals surface area (Å²) in [5.41, 5.74) is 4.57. The summed E-state index contributed by atoms with van der Waals surface area (Å²) in [6.45, 7) is 6.28. The Morgan fingerprint density at radius 1 is 1.04 bits per heavy atom. The predicted octanol–water partition coefficient (Wildman–Crippen LogP) is 4.29. The molecule has 2 aromatic rings. The summed E-state index contributed by atoms with van der Waals surface area (Å²) in [7, 11) is 4.12. The lowest BCUT2D eigenvalue weighted by Crippen LogP contribution is -2.51. The lowest BCUT2D eigenvalue weighted by molar-refractivity contribution is 0.000337. The number of rotatable bonds is 3. The molecule has 4 rings (SSSR count). The number of hydrogen-bond acceptors (Lipinski definition) is 3. The molecular weight excluding hydrogens is 308 g/mol. The van der Waals surface area contributed by atoms with Crippen molar-refractivity contribution in [3.63, 3.8) is 0 Å². The molecule has 2 heterocycles. The fourth-order valence-electron chi connectivity index (χ4n) is 4.22. The Kier molecular flexibility index (Phi) is 3.66. The average molecular weight is 334 g/mol. The number of anilines is 2. The number of ether oxygens (including phenoxy) is 1. The van der Waals surface area contributed by atoms with Crippen molar-refractivity contribution in [2.75, 3.05) is 37.0 Å². The molecule has 2 aliphatic rings. The van der Waals surface area contributed by atoms with Crippen molar-refractivity contribution in [1.29, 1.82) is 0 Å². The summed E-state index contributed by atoms with van der Waals surface area (Å²) < 4.78 is 6.38. The van der Waals surface area contributed by atoms with E-state index in [2.05, 4.69) is 98.4 Å². The minimum Gasteiger partial charge on any atom is -0.378 e. The van der Waals surface area contributed by atoms with Crippen molar-refractivity contribution < 1.29 is 4.74 Å². The predicted molar refractivity (Wildman–Crippen MR) is 105 cm³/mol. The van der Waals surface area contributed by atoms with Crippen LogP contribution in [0, 0.1) is 0 Å². The van der Waals surface area contributed by atoms with Crippen LogP contribution < -0.4 is 9.80 Å². The largest absolute Gasteiger partial charge is 0.378 e. The molecular formula is C22H26N2O. The SMILES string of the molecule is CN(C)c1ccc(/C=C/[C@]23OCCN2c2ccccc2C3(C)C)cc1. The monoisotopic (exact) mass is 334 g/mol. The van der Waals surface area contributed by atoms with Gasteiger partial charge in [-0.25, -0.2) is 0 Å². The second-order valence-electron chi connectivity index (χ2n) is 7.66. The number of hydrogen-bond donors (Lipinski definition) is 0.